The molecule has 1 saturated carbocycles. The molecule has 3 nitrogen and oxygen atoms in total. The highest BCUT2D eigenvalue weighted by Crippen LogP contribution is 2.25. The summed E-state index contributed by atoms with van der Waals surface area (Å²) in [6, 6.07) is 1.52. The molecule has 3 heteroatoms. The molecule has 4 unspecified atom stereocenters. The van der Waals surface area contributed by atoms with E-state index in [9.17, 15) is 0 Å². The van der Waals surface area contributed by atoms with Crippen LogP contribution in [0.25, 0.3) is 0 Å². The van der Waals surface area contributed by atoms with Gasteiger partial charge in [-0.15, -0.1) is 0 Å². The van der Waals surface area contributed by atoms with Crippen LogP contribution in [0.5, 0.6) is 0 Å². The summed E-state index contributed by atoms with van der Waals surface area (Å²) in [6.07, 6.45) is 5.50. The van der Waals surface area contributed by atoms with Crippen molar-refractivity contribution in [3.63, 3.8) is 0 Å². The molecule has 1 saturated heterocycles. The van der Waals surface area contributed by atoms with Crippen molar-refractivity contribution < 1.29 is 4.74 Å². The minimum Gasteiger partial charge on any atom is -0.376 e. The third kappa shape index (κ3) is 2.52. The van der Waals surface area contributed by atoms with E-state index in [4.69, 9.17) is 10.5 Å². The van der Waals surface area contributed by atoms with Gasteiger partial charge in [0.05, 0.1) is 12.7 Å². The van der Waals surface area contributed by atoms with Gasteiger partial charge in [-0.05, 0) is 26.7 Å². The average Bonchev–Trinajstić information content (AvgIpc) is 2.23. The number of rotatable bonds is 1. The molecule has 0 aromatic heterocycles. The van der Waals surface area contributed by atoms with Crippen LogP contribution in [0, 0.1) is 0 Å². The lowest BCUT2D eigenvalue weighted by Gasteiger charge is -2.45. The smallest absolute Gasteiger partial charge is 0.0674 e. The highest BCUT2D eigenvalue weighted by Gasteiger charge is 2.33. The zero-order chi connectivity index (χ0) is 10.8. The van der Waals surface area contributed by atoms with Crippen molar-refractivity contribution in [3.05, 3.63) is 0 Å². The lowest BCUT2D eigenvalue weighted by molar-refractivity contribution is -0.0739. The molecule has 0 aromatic carbocycles. The average molecular weight is 212 g/mol. The van der Waals surface area contributed by atoms with Crippen molar-refractivity contribution >= 4 is 0 Å². The monoisotopic (exact) mass is 212 g/mol. The summed E-state index contributed by atoms with van der Waals surface area (Å²) in [6.45, 7) is 6.34. The lowest BCUT2D eigenvalue weighted by atomic mass is 9.88. The molecule has 0 radical (unpaired) electrons. The second-order valence-corrected chi connectivity index (χ2v) is 5.21. The summed E-state index contributed by atoms with van der Waals surface area (Å²) in [4.78, 5) is 2.58. The summed E-state index contributed by atoms with van der Waals surface area (Å²) in [5.74, 6) is 0. The van der Waals surface area contributed by atoms with Gasteiger partial charge in [0.2, 0.25) is 0 Å². The van der Waals surface area contributed by atoms with Crippen molar-refractivity contribution in [1.29, 1.82) is 0 Å². The van der Waals surface area contributed by atoms with Gasteiger partial charge in [0.15, 0.2) is 0 Å². The van der Waals surface area contributed by atoms with Crippen molar-refractivity contribution in [2.45, 2.75) is 63.8 Å². The first-order valence-electron chi connectivity index (χ1n) is 6.31. The van der Waals surface area contributed by atoms with Crippen LogP contribution in [0.2, 0.25) is 0 Å². The van der Waals surface area contributed by atoms with Crippen LogP contribution in [0.1, 0.15) is 39.5 Å². The van der Waals surface area contributed by atoms with Crippen LogP contribution < -0.4 is 5.73 Å². The highest BCUT2D eigenvalue weighted by atomic mass is 16.5. The summed E-state index contributed by atoms with van der Waals surface area (Å²) in [5, 5.41) is 0. The molecule has 0 amide bonds. The maximum absolute atomic E-state index is 6.24. The van der Waals surface area contributed by atoms with Crippen LogP contribution in [0.4, 0.5) is 0 Å². The summed E-state index contributed by atoms with van der Waals surface area (Å²) in [5.41, 5.74) is 6.24. The van der Waals surface area contributed by atoms with E-state index in [-0.39, 0.29) is 0 Å². The van der Waals surface area contributed by atoms with Gasteiger partial charge in [0.1, 0.15) is 0 Å². The fourth-order valence-corrected chi connectivity index (χ4v) is 2.94. The molecule has 2 fully saturated rings. The van der Waals surface area contributed by atoms with Crippen LogP contribution in [-0.2, 0) is 4.74 Å². The first-order valence-corrected chi connectivity index (χ1v) is 6.31. The number of nitrogens with two attached hydrogens (primary N) is 1. The normalized spacial score (nSPS) is 44.2. The van der Waals surface area contributed by atoms with Crippen LogP contribution >= 0.6 is 0 Å². The predicted molar refractivity (Wildman–Crippen MR) is 61.8 cm³/mol. The largest absolute Gasteiger partial charge is 0.376 e. The minimum atomic E-state index is 0.371. The highest BCUT2D eigenvalue weighted by molar-refractivity contribution is 4.90. The topological polar surface area (TPSA) is 38.5 Å². The van der Waals surface area contributed by atoms with Gasteiger partial charge in [0, 0.05) is 24.7 Å². The summed E-state index contributed by atoms with van der Waals surface area (Å²) < 4.78 is 5.66. The van der Waals surface area contributed by atoms with Crippen molar-refractivity contribution in [1.82, 2.24) is 4.90 Å². The van der Waals surface area contributed by atoms with Gasteiger partial charge in [-0.3, -0.25) is 4.90 Å². The van der Waals surface area contributed by atoms with Gasteiger partial charge < -0.3 is 10.5 Å². The molecule has 4 atom stereocenters. The van der Waals surface area contributed by atoms with Crippen LogP contribution in [0.15, 0.2) is 0 Å². The SMILES string of the molecule is CC1CN(C2CCCCC2N)C(C)CO1. The minimum absolute atomic E-state index is 0.371. The molecule has 0 aromatic rings. The number of hydrogen-bond acceptors (Lipinski definition) is 3. The first-order chi connectivity index (χ1) is 7.18. The maximum Gasteiger partial charge on any atom is 0.0674 e. The number of ether oxygens (including phenoxy) is 1. The Labute approximate surface area is 93.0 Å². The Morgan fingerprint density at radius 2 is 1.93 bits per heavy atom. The van der Waals surface area contributed by atoms with Gasteiger partial charge in [-0.25, -0.2) is 0 Å². The zero-order valence-electron chi connectivity index (χ0n) is 9.98. The van der Waals surface area contributed by atoms with E-state index in [2.05, 4.69) is 18.7 Å². The number of hydrogen-bond donors (Lipinski definition) is 1. The van der Waals surface area contributed by atoms with E-state index in [1.807, 2.05) is 0 Å². The van der Waals surface area contributed by atoms with Gasteiger partial charge in [0.25, 0.3) is 0 Å². The Hall–Kier alpha value is -0.120. The van der Waals surface area contributed by atoms with Crippen molar-refractivity contribution in [3.8, 4) is 0 Å². The molecule has 1 aliphatic heterocycles. The third-order valence-corrected chi connectivity index (χ3v) is 3.86. The fourth-order valence-electron chi connectivity index (χ4n) is 2.94. The van der Waals surface area contributed by atoms with Gasteiger partial charge in [-0.2, -0.15) is 0 Å². The van der Waals surface area contributed by atoms with E-state index < -0.39 is 0 Å². The Balaban J connectivity index is 1.99. The van der Waals surface area contributed by atoms with Crippen molar-refractivity contribution in [2.75, 3.05) is 13.2 Å². The molecule has 2 rings (SSSR count). The molecule has 0 bridgehead atoms. The molecule has 15 heavy (non-hydrogen) atoms. The lowest BCUT2D eigenvalue weighted by Crippen LogP contribution is -2.58. The van der Waals surface area contributed by atoms with Gasteiger partial charge >= 0.3 is 0 Å². The standard InChI is InChI=1S/C12H24N2O/c1-9-8-15-10(2)7-14(9)12-6-4-3-5-11(12)13/h9-12H,3-8,13H2,1-2H3. The Morgan fingerprint density at radius 1 is 1.20 bits per heavy atom. The Morgan fingerprint density at radius 3 is 2.67 bits per heavy atom. The Kier molecular flexibility index (Phi) is 3.65. The molecular weight excluding hydrogens is 188 g/mol. The van der Waals surface area contributed by atoms with Crippen molar-refractivity contribution in [2.24, 2.45) is 5.73 Å². The Bertz CT molecular complexity index is 210. The zero-order valence-corrected chi connectivity index (χ0v) is 9.98. The van der Waals surface area contributed by atoms with E-state index in [0.29, 0.717) is 24.2 Å². The van der Waals surface area contributed by atoms with E-state index >= 15 is 0 Å². The molecule has 1 aliphatic carbocycles. The number of nitrogens with zero attached hydrogens (tertiary/aromatic N) is 1. The molecule has 2 aliphatic rings. The van der Waals surface area contributed by atoms with E-state index in [1.165, 1.54) is 25.7 Å². The first kappa shape index (κ1) is 11.4. The quantitative estimate of drug-likeness (QED) is 0.713. The van der Waals surface area contributed by atoms with Crippen LogP contribution in [0.3, 0.4) is 0 Å². The maximum atomic E-state index is 6.24. The molecule has 0 spiro atoms. The number of morpholine rings is 1. The molecule has 88 valence electrons. The summed E-state index contributed by atoms with van der Waals surface area (Å²) in [7, 11) is 0. The van der Waals surface area contributed by atoms with E-state index in [0.717, 1.165) is 13.2 Å². The molecular formula is C12H24N2O. The van der Waals surface area contributed by atoms with E-state index in [1.54, 1.807) is 0 Å². The summed E-state index contributed by atoms with van der Waals surface area (Å²) >= 11 is 0. The fraction of sp³-hybridized carbons (Fsp3) is 1.00. The van der Waals surface area contributed by atoms with Gasteiger partial charge in [-0.1, -0.05) is 12.8 Å². The van der Waals surface area contributed by atoms with Crippen LogP contribution in [-0.4, -0.2) is 42.3 Å². The second-order valence-electron chi connectivity index (χ2n) is 5.21. The second kappa shape index (κ2) is 4.81. The third-order valence-electron chi connectivity index (χ3n) is 3.86. The predicted octanol–water partition coefficient (Wildman–Crippen LogP) is 1.37. The molecule has 1 heterocycles. The molecule has 2 N–H and O–H groups in total.